The molecule has 0 atom stereocenters. The molecule has 0 bridgehead atoms. The molecule has 0 spiro atoms. The van der Waals surface area contributed by atoms with Gasteiger partial charge in [0.05, 0.1) is 0 Å². The second kappa shape index (κ2) is 4.62. The van der Waals surface area contributed by atoms with Crippen LogP contribution < -0.4 is 16.2 Å². The highest BCUT2D eigenvalue weighted by atomic mass is 32.1. The zero-order valence-electron chi connectivity index (χ0n) is 6.22. The fourth-order valence-corrected chi connectivity index (χ4v) is 0.531. The molecule has 0 radical (unpaired) electrons. The van der Waals surface area contributed by atoms with Gasteiger partial charge in [0.2, 0.25) is 11.8 Å². The molecule has 5 nitrogen and oxygen atoms in total. The molecular weight excluding hydrogens is 166 g/mol. The van der Waals surface area contributed by atoms with Gasteiger partial charge in [0, 0.05) is 18.1 Å². The maximum absolute atomic E-state index is 10.3. The van der Waals surface area contributed by atoms with Gasteiger partial charge in [0.25, 0.3) is 0 Å². The Morgan fingerprint density at radius 2 is 1.73 bits per heavy atom. The first-order chi connectivity index (χ1) is 5.02. The SMILES string of the molecule is CC(=O)NNC(=S)NC(C)=O.[HH].[HH].[HH]. The first-order valence-corrected chi connectivity index (χ1v) is 3.27. The van der Waals surface area contributed by atoms with Crippen LogP contribution in [0, 0.1) is 0 Å². The van der Waals surface area contributed by atoms with Crippen molar-refractivity contribution in [1.29, 1.82) is 0 Å². The fraction of sp³-hybridized carbons (Fsp3) is 0.400. The lowest BCUT2D eigenvalue weighted by molar-refractivity contribution is -0.120. The van der Waals surface area contributed by atoms with Crippen LogP contribution in [0.3, 0.4) is 0 Å². The molecule has 6 heteroatoms. The summed E-state index contributed by atoms with van der Waals surface area (Å²) in [6.45, 7) is 2.64. The molecule has 0 saturated heterocycles. The summed E-state index contributed by atoms with van der Waals surface area (Å²) in [6.07, 6.45) is 0. The number of nitrogens with one attached hydrogen (secondary N) is 3. The van der Waals surface area contributed by atoms with Crippen molar-refractivity contribution in [3.8, 4) is 0 Å². The van der Waals surface area contributed by atoms with E-state index in [4.69, 9.17) is 0 Å². The number of amides is 2. The van der Waals surface area contributed by atoms with Crippen molar-refractivity contribution < 1.29 is 13.9 Å². The molecule has 3 N–H and O–H groups in total. The van der Waals surface area contributed by atoms with Crippen LogP contribution in [0.5, 0.6) is 0 Å². The van der Waals surface area contributed by atoms with E-state index in [0.717, 1.165) is 0 Å². The van der Waals surface area contributed by atoms with Crippen molar-refractivity contribution in [3.63, 3.8) is 0 Å². The lowest BCUT2D eigenvalue weighted by atomic mass is 10.7. The molecule has 0 fully saturated rings. The standard InChI is InChI=1S/C5H9N3O2S.3H2/c1-3(9)6-5(11)8-7-4(2)10;;;/h1-2H3,(H,7,10)(H2,6,8,9,11);3*1H. The minimum atomic E-state index is -0.284. The predicted octanol–water partition coefficient (Wildman–Crippen LogP) is -0.214. The van der Waals surface area contributed by atoms with E-state index in [2.05, 4.69) is 28.4 Å². The third kappa shape index (κ3) is 6.72. The van der Waals surface area contributed by atoms with Gasteiger partial charge in [0.1, 0.15) is 0 Å². The number of hydrogen-bond donors (Lipinski definition) is 3. The van der Waals surface area contributed by atoms with Crippen molar-refractivity contribution >= 4 is 29.1 Å². The average Bonchev–Trinajstić information content (AvgIpc) is 1.82. The second-order valence-corrected chi connectivity index (χ2v) is 2.22. The monoisotopic (exact) mass is 181 g/mol. The van der Waals surface area contributed by atoms with Crippen molar-refractivity contribution in [2.75, 3.05) is 0 Å². The van der Waals surface area contributed by atoms with E-state index in [1.165, 1.54) is 13.8 Å². The van der Waals surface area contributed by atoms with Crippen LogP contribution in [0.2, 0.25) is 0 Å². The van der Waals surface area contributed by atoms with Crippen LogP contribution in [-0.4, -0.2) is 16.9 Å². The first kappa shape index (κ1) is 9.83. The van der Waals surface area contributed by atoms with Gasteiger partial charge in [-0.3, -0.25) is 20.4 Å². The highest BCUT2D eigenvalue weighted by molar-refractivity contribution is 7.80. The number of carbonyl (C=O) groups is 2. The molecular formula is C5H15N3O2S. The zero-order chi connectivity index (χ0) is 8.85. The molecule has 0 rings (SSSR count). The van der Waals surface area contributed by atoms with Crippen LogP contribution in [0.1, 0.15) is 18.1 Å². The predicted molar refractivity (Wildman–Crippen MR) is 49.7 cm³/mol. The van der Waals surface area contributed by atoms with E-state index >= 15 is 0 Å². The van der Waals surface area contributed by atoms with Gasteiger partial charge in [-0.2, -0.15) is 0 Å². The summed E-state index contributed by atoms with van der Waals surface area (Å²) in [5.41, 5.74) is 4.52. The van der Waals surface area contributed by atoms with Crippen LogP contribution in [-0.2, 0) is 9.59 Å². The summed E-state index contributed by atoms with van der Waals surface area (Å²) >= 11 is 4.59. The average molecular weight is 181 g/mol. The first-order valence-electron chi connectivity index (χ1n) is 2.86. The molecule has 0 aromatic carbocycles. The summed E-state index contributed by atoms with van der Waals surface area (Å²) in [7, 11) is 0. The molecule has 68 valence electrons. The number of hydrogen-bond acceptors (Lipinski definition) is 3. The lowest BCUT2D eigenvalue weighted by Crippen LogP contribution is -2.47. The summed E-state index contributed by atoms with van der Waals surface area (Å²) < 4.78 is 0. The number of carbonyl (C=O) groups excluding carboxylic acids is 2. The van der Waals surface area contributed by atoms with Gasteiger partial charge >= 0.3 is 0 Å². The topological polar surface area (TPSA) is 70.2 Å². The Morgan fingerprint density at radius 1 is 1.18 bits per heavy atom. The minimum absolute atomic E-state index is 0. The highest BCUT2D eigenvalue weighted by Gasteiger charge is 1.96. The van der Waals surface area contributed by atoms with Crippen molar-refractivity contribution in [1.82, 2.24) is 16.2 Å². The molecule has 2 amide bonds. The van der Waals surface area contributed by atoms with E-state index < -0.39 is 0 Å². The summed E-state index contributed by atoms with van der Waals surface area (Å²) in [6, 6.07) is 0. The Balaban J connectivity index is -0.000000167. The van der Waals surface area contributed by atoms with Gasteiger partial charge in [0.15, 0.2) is 5.11 Å². The Kier molecular flexibility index (Phi) is 4.12. The van der Waals surface area contributed by atoms with E-state index in [-0.39, 0.29) is 21.2 Å². The van der Waals surface area contributed by atoms with Gasteiger partial charge < -0.3 is 5.32 Å². The molecule has 0 aromatic heterocycles. The van der Waals surface area contributed by atoms with Gasteiger partial charge in [-0.05, 0) is 12.2 Å². The van der Waals surface area contributed by atoms with Crippen molar-refractivity contribution in [2.24, 2.45) is 0 Å². The maximum Gasteiger partial charge on any atom is 0.235 e. The summed E-state index contributed by atoms with van der Waals surface area (Å²) in [5, 5.41) is 2.34. The molecule has 11 heavy (non-hydrogen) atoms. The molecule has 0 heterocycles. The van der Waals surface area contributed by atoms with Gasteiger partial charge in [-0.15, -0.1) is 0 Å². The normalized spacial score (nSPS) is 8.18. The van der Waals surface area contributed by atoms with E-state index in [1.807, 2.05) is 0 Å². The molecule has 0 aliphatic heterocycles. The molecule has 0 aliphatic carbocycles. The van der Waals surface area contributed by atoms with E-state index in [9.17, 15) is 9.59 Å². The number of hydrazine groups is 1. The third-order valence-corrected chi connectivity index (χ3v) is 0.846. The van der Waals surface area contributed by atoms with Gasteiger partial charge in [-0.1, -0.05) is 0 Å². The van der Waals surface area contributed by atoms with Crippen LogP contribution >= 0.6 is 12.2 Å². The summed E-state index contributed by atoms with van der Waals surface area (Å²) in [5.74, 6) is -0.564. The van der Waals surface area contributed by atoms with Crippen molar-refractivity contribution in [2.45, 2.75) is 13.8 Å². The Labute approximate surface area is 74.0 Å². The fourth-order valence-electron chi connectivity index (χ4n) is 0.336. The van der Waals surface area contributed by atoms with Crippen LogP contribution in [0.25, 0.3) is 0 Å². The molecule has 0 saturated carbocycles. The Morgan fingerprint density at radius 3 is 2.09 bits per heavy atom. The lowest BCUT2D eigenvalue weighted by Gasteiger charge is -2.06. The minimum Gasteiger partial charge on any atom is -0.302 e. The zero-order valence-corrected chi connectivity index (χ0v) is 7.04. The van der Waals surface area contributed by atoms with E-state index in [1.54, 1.807) is 0 Å². The smallest absolute Gasteiger partial charge is 0.235 e. The third-order valence-electron chi connectivity index (χ3n) is 0.642. The Hall–Kier alpha value is -1.17. The second-order valence-electron chi connectivity index (χ2n) is 1.82. The molecule has 0 unspecified atom stereocenters. The largest absolute Gasteiger partial charge is 0.302 e. The molecule has 0 aromatic rings. The quantitative estimate of drug-likeness (QED) is 0.357. The van der Waals surface area contributed by atoms with Crippen LogP contribution in [0.4, 0.5) is 0 Å². The summed E-state index contributed by atoms with van der Waals surface area (Å²) in [4.78, 5) is 20.6. The molecule has 0 aliphatic rings. The number of rotatable bonds is 0. The maximum atomic E-state index is 10.3. The van der Waals surface area contributed by atoms with Crippen molar-refractivity contribution in [3.05, 3.63) is 0 Å². The Bertz CT molecular complexity index is 203. The van der Waals surface area contributed by atoms with Gasteiger partial charge in [-0.25, -0.2) is 0 Å². The number of thiocarbonyl (C=S) groups is 1. The van der Waals surface area contributed by atoms with Crippen LogP contribution in [0.15, 0.2) is 0 Å². The highest BCUT2D eigenvalue weighted by Crippen LogP contribution is 1.64. The van der Waals surface area contributed by atoms with E-state index in [0.29, 0.717) is 0 Å².